The summed E-state index contributed by atoms with van der Waals surface area (Å²) >= 11 is 0. The summed E-state index contributed by atoms with van der Waals surface area (Å²) in [6.45, 7) is 3.15. The average molecular weight is 403 g/mol. The molecular weight excluding hydrogens is 386 g/mol. The van der Waals surface area contributed by atoms with Gasteiger partial charge in [-0.2, -0.15) is 0 Å². The van der Waals surface area contributed by atoms with Gasteiger partial charge in [-0.1, -0.05) is 6.07 Å². The molecule has 2 aliphatic heterocycles. The van der Waals surface area contributed by atoms with E-state index in [0.717, 1.165) is 0 Å². The van der Waals surface area contributed by atoms with E-state index < -0.39 is 11.6 Å². The van der Waals surface area contributed by atoms with Crippen LogP contribution in [0.4, 0.5) is 5.69 Å². The SMILES string of the molecule is CC(=O)Nc1ccc2c(c1C)C(=O)OC21c2ccc(O)cc2Oc2cc(O)ccc21. The van der Waals surface area contributed by atoms with Crippen LogP contribution in [0.25, 0.3) is 0 Å². The van der Waals surface area contributed by atoms with Crippen LogP contribution in [0.1, 0.15) is 39.5 Å². The lowest BCUT2D eigenvalue weighted by Gasteiger charge is -2.36. The van der Waals surface area contributed by atoms with Crippen molar-refractivity contribution < 1.29 is 29.3 Å². The highest BCUT2D eigenvalue weighted by atomic mass is 16.6. The van der Waals surface area contributed by atoms with Crippen LogP contribution in [-0.2, 0) is 15.1 Å². The van der Waals surface area contributed by atoms with E-state index in [1.807, 2.05) is 0 Å². The van der Waals surface area contributed by atoms with Crippen molar-refractivity contribution in [2.75, 3.05) is 5.32 Å². The van der Waals surface area contributed by atoms with Crippen molar-refractivity contribution in [3.63, 3.8) is 0 Å². The van der Waals surface area contributed by atoms with Gasteiger partial charge in [-0.05, 0) is 42.8 Å². The first-order valence-corrected chi connectivity index (χ1v) is 9.31. The predicted octanol–water partition coefficient (Wildman–Crippen LogP) is 3.93. The zero-order chi connectivity index (χ0) is 21.2. The molecule has 30 heavy (non-hydrogen) atoms. The molecule has 2 heterocycles. The highest BCUT2D eigenvalue weighted by Crippen LogP contribution is 2.57. The fourth-order valence-electron chi connectivity index (χ4n) is 4.27. The Bertz CT molecular complexity index is 1210. The van der Waals surface area contributed by atoms with E-state index >= 15 is 0 Å². The maximum absolute atomic E-state index is 13.1. The number of benzene rings is 3. The summed E-state index contributed by atoms with van der Waals surface area (Å²) in [5.74, 6) is -0.153. The van der Waals surface area contributed by atoms with Crippen LogP contribution >= 0.6 is 0 Å². The Morgan fingerprint density at radius 3 is 2.07 bits per heavy atom. The summed E-state index contributed by atoms with van der Waals surface area (Å²) in [6, 6.07) is 12.7. The lowest BCUT2D eigenvalue weighted by atomic mass is 9.77. The minimum absolute atomic E-state index is 0.00534. The number of phenols is 2. The lowest BCUT2D eigenvalue weighted by molar-refractivity contribution is -0.114. The summed E-state index contributed by atoms with van der Waals surface area (Å²) in [5, 5.41) is 22.6. The van der Waals surface area contributed by atoms with Crippen LogP contribution in [0, 0.1) is 6.92 Å². The molecule has 0 radical (unpaired) electrons. The van der Waals surface area contributed by atoms with Gasteiger partial charge in [-0.3, -0.25) is 4.79 Å². The van der Waals surface area contributed by atoms with E-state index in [0.29, 0.717) is 45.0 Å². The second-order valence-electron chi connectivity index (χ2n) is 7.38. The van der Waals surface area contributed by atoms with Gasteiger partial charge in [0.15, 0.2) is 5.60 Å². The minimum atomic E-state index is -1.31. The largest absolute Gasteiger partial charge is 0.508 e. The Hall–Kier alpha value is -4.00. The molecule has 3 aromatic carbocycles. The normalized spacial score (nSPS) is 14.9. The van der Waals surface area contributed by atoms with Gasteiger partial charge >= 0.3 is 5.97 Å². The Morgan fingerprint density at radius 2 is 1.50 bits per heavy atom. The van der Waals surface area contributed by atoms with Gasteiger partial charge in [0, 0.05) is 41.4 Å². The van der Waals surface area contributed by atoms with Crippen molar-refractivity contribution in [1.29, 1.82) is 0 Å². The van der Waals surface area contributed by atoms with Gasteiger partial charge in [-0.15, -0.1) is 0 Å². The van der Waals surface area contributed by atoms with Gasteiger partial charge in [0.2, 0.25) is 5.91 Å². The number of anilines is 1. The molecule has 5 rings (SSSR count). The van der Waals surface area contributed by atoms with Crippen molar-refractivity contribution >= 4 is 17.6 Å². The topological polar surface area (TPSA) is 105 Å². The van der Waals surface area contributed by atoms with Crippen molar-refractivity contribution in [3.05, 3.63) is 76.3 Å². The molecule has 0 saturated carbocycles. The molecule has 3 aromatic rings. The zero-order valence-electron chi connectivity index (χ0n) is 16.1. The first kappa shape index (κ1) is 18.1. The molecule has 0 aromatic heterocycles. The molecule has 1 amide bonds. The smallest absolute Gasteiger partial charge is 0.340 e. The number of aromatic hydroxyl groups is 2. The van der Waals surface area contributed by atoms with Crippen molar-refractivity contribution in [2.24, 2.45) is 0 Å². The van der Waals surface area contributed by atoms with Crippen LogP contribution in [0.2, 0.25) is 0 Å². The number of carbonyl (C=O) groups is 2. The molecule has 150 valence electrons. The average Bonchev–Trinajstić information content (AvgIpc) is 2.97. The van der Waals surface area contributed by atoms with E-state index in [4.69, 9.17) is 9.47 Å². The molecule has 2 aliphatic rings. The van der Waals surface area contributed by atoms with Crippen LogP contribution in [0.3, 0.4) is 0 Å². The molecular formula is C23H17NO6. The van der Waals surface area contributed by atoms with E-state index in [9.17, 15) is 19.8 Å². The second-order valence-corrected chi connectivity index (χ2v) is 7.38. The number of hydrogen-bond acceptors (Lipinski definition) is 6. The van der Waals surface area contributed by atoms with E-state index in [2.05, 4.69) is 5.32 Å². The first-order valence-electron chi connectivity index (χ1n) is 9.31. The van der Waals surface area contributed by atoms with Gasteiger partial charge < -0.3 is 25.0 Å². The van der Waals surface area contributed by atoms with Gasteiger partial charge in [0.1, 0.15) is 23.0 Å². The highest BCUT2D eigenvalue weighted by molar-refractivity contribution is 6.01. The third kappa shape index (κ3) is 2.32. The number of rotatable bonds is 1. The third-order valence-corrected chi connectivity index (χ3v) is 5.51. The fraction of sp³-hybridized carbons (Fsp3) is 0.130. The Morgan fingerprint density at radius 1 is 0.933 bits per heavy atom. The first-order chi connectivity index (χ1) is 14.3. The zero-order valence-corrected chi connectivity index (χ0v) is 16.1. The molecule has 0 unspecified atom stereocenters. The van der Waals surface area contributed by atoms with Crippen molar-refractivity contribution in [2.45, 2.75) is 19.4 Å². The maximum Gasteiger partial charge on any atom is 0.340 e. The number of hydrogen-bond donors (Lipinski definition) is 3. The minimum Gasteiger partial charge on any atom is -0.508 e. The van der Waals surface area contributed by atoms with Crippen LogP contribution in [0.15, 0.2) is 48.5 Å². The quantitative estimate of drug-likeness (QED) is 0.532. The van der Waals surface area contributed by atoms with Crippen LogP contribution < -0.4 is 10.1 Å². The molecule has 3 N–H and O–H groups in total. The lowest BCUT2D eigenvalue weighted by Crippen LogP contribution is -2.32. The molecule has 0 atom stereocenters. The number of phenolic OH excluding ortho intramolecular Hbond substituents is 2. The summed E-state index contributed by atoms with van der Waals surface area (Å²) in [6.07, 6.45) is 0. The summed E-state index contributed by atoms with van der Waals surface area (Å²) in [4.78, 5) is 24.6. The summed E-state index contributed by atoms with van der Waals surface area (Å²) in [5.41, 5.74) is 1.88. The standard InChI is InChI=1S/C23H17NO6/c1-11-18(24-12(2)25)8-7-17-21(11)22(28)30-23(17)15-5-3-13(26)9-19(15)29-20-10-14(27)4-6-16(20)23/h3-10,26-27H,1-2H3,(H,24,25). The third-order valence-electron chi connectivity index (χ3n) is 5.51. The fourth-order valence-corrected chi connectivity index (χ4v) is 4.27. The van der Waals surface area contributed by atoms with Crippen molar-refractivity contribution in [3.8, 4) is 23.0 Å². The van der Waals surface area contributed by atoms with E-state index in [-0.39, 0.29) is 17.4 Å². The number of nitrogens with one attached hydrogen (secondary N) is 1. The Labute approximate surface area is 171 Å². The van der Waals surface area contributed by atoms with Crippen molar-refractivity contribution in [1.82, 2.24) is 0 Å². The summed E-state index contributed by atoms with van der Waals surface area (Å²) in [7, 11) is 0. The molecule has 0 aliphatic carbocycles. The Kier molecular flexibility index (Phi) is 3.61. The molecule has 0 bridgehead atoms. The summed E-state index contributed by atoms with van der Waals surface area (Å²) < 4.78 is 12.0. The highest BCUT2D eigenvalue weighted by Gasteiger charge is 2.54. The molecule has 0 saturated heterocycles. The molecule has 0 fully saturated rings. The van der Waals surface area contributed by atoms with Gasteiger partial charge in [0.25, 0.3) is 0 Å². The number of ether oxygens (including phenoxy) is 2. The van der Waals surface area contributed by atoms with E-state index in [1.165, 1.54) is 31.2 Å². The molecule has 7 heteroatoms. The maximum atomic E-state index is 13.1. The molecule has 1 spiro atoms. The monoisotopic (exact) mass is 403 g/mol. The van der Waals surface area contributed by atoms with Crippen LogP contribution in [0.5, 0.6) is 23.0 Å². The predicted molar refractivity (Wildman–Crippen MR) is 107 cm³/mol. The second kappa shape index (κ2) is 6.00. The molecule has 7 nitrogen and oxygen atoms in total. The van der Waals surface area contributed by atoms with Gasteiger partial charge in [-0.25, -0.2) is 4.79 Å². The van der Waals surface area contributed by atoms with Crippen LogP contribution in [-0.4, -0.2) is 22.1 Å². The van der Waals surface area contributed by atoms with E-state index in [1.54, 1.807) is 31.2 Å². The number of amides is 1. The Balaban J connectivity index is 1.84. The van der Waals surface area contributed by atoms with Gasteiger partial charge in [0.05, 0.1) is 5.56 Å². The number of carbonyl (C=O) groups excluding carboxylic acids is 2. The number of esters is 1. The number of fused-ring (bicyclic) bond motifs is 6.